The second-order valence-corrected chi connectivity index (χ2v) is 12.5. The molecular formula is C18H8Br2N4O4S4. The Bertz CT molecular complexity index is 1420. The molecule has 4 aromatic rings. The number of ether oxygens (including phenoxy) is 4. The zero-order chi connectivity index (χ0) is 21.4. The van der Waals surface area contributed by atoms with Crippen molar-refractivity contribution in [3.8, 4) is 43.9 Å². The summed E-state index contributed by atoms with van der Waals surface area (Å²) >= 11 is 12.6. The molecule has 8 nitrogen and oxygen atoms in total. The van der Waals surface area contributed by atoms with Gasteiger partial charge in [0, 0.05) is 0 Å². The predicted molar refractivity (Wildman–Crippen MR) is 133 cm³/mol. The highest BCUT2D eigenvalue weighted by atomic mass is 79.9. The molecule has 0 fully saturated rings. The molecule has 0 unspecified atom stereocenters. The van der Waals surface area contributed by atoms with Crippen molar-refractivity contribution < 1.29 is 18.9 Å². The van der Waals surface area contributed by atoms with Gasteiger partial charge in [-0.1, -0.05) is 0 Å². The highest BCUT2D eigenvalue weighted by Gasteiger charge is 2.35. The minimum Gasteiger partial charge on any atom is -0.485 e. The Hall–Kier alpha value is -1.58. The summed E-state index contributed by atoms with van der Waals surface area (Å²) in [7, 11) is 0. The molecular weight excluding hydrogens is 624 g/mol. The number of hydrogen-bond acceptors (Lipinski definition) is 11. The van der Waals surface area contributed by atoms with E-state index in [1.54, 1.807) is 0 Å². The van der Waals surface area contributed by atoms with E-state index >= 15 is 0 Å². The van der Waals surface area contributed by atoms with Gasteiger partial charge in [0.25, 0.3) is 0 Å². The number of nitrogens with zero attached hydrogens (tertiary/aromatic N) is 4. The standard InChI is InChI=1S/C18H8Br2N4O4S4/c19-17-13-11(25-1-3-27-13)15(29-17)5-7-9(23-31-21-7)6(10-8(5)22-32-24-10)16-12-14(18(20)30-16)28-4-2-26-12/h1-4H2. The molecule has 7 rings (SSSR count). The van der Waals surface area contributed by atoms with Crippen LogP contribution in [-0.4, -0.2) is 35.2 Å². The van der Waals surface area contributed by atoms with E-state index in [0.29, 0.717) is 37.9 Å². The van der Waals surface area contributed by atoms with Gasteiger partial charge in [-0.3, -0.25) is 0 Å². The Labute approximate surface area is 212 Å². The van der Waals surface area contributed by atoms with Crippen molar-refractivity contribution >= 4 is 100 Å². The Balaban J connectivity index is 1.55. The largest absolute Gasteiger partial charge is 0.485 e. The second-order valence-electron chi connectivity index (χ2n) is 6.79. The molecule has 0 aliphatic carbocycles. The molecule has 0 atom stereocenters. The van der Waals surface area contributed by atoms with Gasteiger partial charge in [0.1, 0.15) is 56.4 Å². The summed E-state index contributed by atoms with van der Waals surface area (Å²) in [4.78, 5) is 1.81. The zero-order valence-electron chi connectivity index (χ0n) is 15.6. The van der Waals surface area contributed by atoms with Gasteiger partial charge < -0.3 is 18.9 Å². The number of hydrogen-bond donors (Lipinski definition) is 0. The molecule has 0 bridgehead atoms. The Morgan fingerprint density at radius 1 is 0.625 bits per heavy atom. The van der Waals surface area contributed by atoms with E-state index in [2.05, 4.69) is 49.3 Å². The lowest BCUT2D eigenvalue weighted by Crippen LogP contribution is -2.14. The first kappa shape index (κ1) is 19.9. The molecule has 0 amide bonds. The number of thiophene rings is 2. The van der Waals surface area contributed by atoms with E-state index in [1.165, 1.54) is 22.7 Å². The van der Waals surface area contributed by atoms with E-state index in [1.807, 2.05) is 0 Å². The molecule has 3 aliphatic rings. The van der Waals surface area contributed by atoms with Crippen molar-refractivity contribution in [3.63, 3.8) is 0 Å². The van der Waals surface area contributed by atoms with Crippen LogP contribution >= 0.6 is 66.3 Å². The third-order valence-corrected chi connectivity index (χ3v) is 9.76. The average molecular weight is 632 g/mol. The minimum atomic E-state index is 0.491. The van der Waals surface area contributed by atoms with Crippen LogP contribution in [-0.2, 0) is 11.4 Å². The summed E-state index contributed by atoms with van der Waals surface area (Å²) in [6.07, 6.45) is 0. The summed E-state index contributed by atoms with van der Waals surface area (Å²) in [5, 5.41) is 0. The molecule has 0 N–H and O–H groups in total. The maximum absolute atomic E-state index is 6.00. The molecule has 0 saturated carbocycles. The maximum Gasteiger partial charge on any atom is 0.187 e. The van der Waals surface area contributed by atoms with Gasteiger partial charge in [-0.25, -0.2) is 0 Å². The van der Waals surface area contributed by atoms with E-state index in [9.17, 15) is 0 Å². The Morgan fingerprint density at radius 3 is 1.53 bits per heavy atom. The monoisotopic (exact) mass is 630 g/mol. The number of benzene rings is 1. The SMILES string of the molecule is Brc1sc(-c2c3c(c(-c4sc(Br)c5c4OCCO5)c4nsnc24)N=S=N3)c2c1OCCO2. The molecule has 0 radical (unpaired) electrons. The second kappa shape index (κ2) is 7.46. The van der Waals surface area contributed by atoms with Crippen LogP contribution in [0.4, 0.5) is 11.4 Å². The van der Waals surface area contributed by atoms with Crippen molar-refractivity contribution in [2.24, 2.45) is 8.73 Å². The topological polar surface area (TPSA) is 87.4 Å². The van der Waals surface area contributed by atoms with Gasteiger partial charge in [0.15, 0.2) is 23.0 Å². The van der Waals surface area contributed by atoms with Crippen LogP contribution in [0.25, 0.3) is 31.9 Å². The number of halogens is 2. The van der Waals surface area contributed by atoms with Crippen LogP contribution in [0.2, 0.25) is 0 Å². The first-order valence-corrected chi connectivity index (χ1v) is 14.0. The molecule has 3 aromatic heterocycles. The summed E-state index contributed by atoms with van der Waals surface area (Å²) in [5.74, 6) is 2.85. The van der Waals surface area contributed by atoms with Gasteiger partial charge >= 0.3 is 0 Å². The van der Waals surface area contributed by atoms with E-state index in [-0.39, 0.29) is 0 Å². The quantitative estimate of drug-likeness (QED) is 0.210. The Morgan fingerprint density at radius 2 is 1.06 bits per heavy atom. The highest BCUT2D eigenvalue weighted by molar-refractivity contribution is 9.11. The third-order valence-electron chi connectivity index (χ3n) is 5.10. The fourth-order valence-corrected chi connectivity index (χ4v) is 8.45. The smallest absolute Gasteiger partial charge is 0.187 e. The molecule has 1 aromatic carbocycles. The van der Waals surface area contributed by atoms with Gasteiger partial charge in [0.2, 0.25) is 0 Å². The van der Waals surface area contributed by atoms with E-state index < -0.39 is 0 Å². The first-order chi connectivity index (χ1) is 15.7. The highest BCUT2D eigenvalue weighted by Crippen LogP contribution is 2.62. The molecule has 0 saturated heterocycles. The van der Waals surface area contributed by atoms with Crippen molar-refractivity contribution in [1.29, 1.82) is 0 Å². The van der Waals surface area contributed by atoms with Crippen LogP contribution in [0.15, 0.2) is 16.3 Å². The summed E-state index contributed by atoms with van der Waals surface area (Å²) in [6, 6.07) is 0. The lowest BCUT2D eigenvalue weighted by molar-refractivity contribution is 0.173. The van der Waals surface area contributed by atoms with Gasteiger partial charge in [-0.15, -0.1) is 22.7 Å². The lowest BCUT2D eigenvalue weighted by atomic mass is 10.00. The van der Waals surface area contributed by atoms with Crippen molar-refractivity contribution in [1.82, 2.24) is 8.75 Å². The molecule has 162 valence electrons. The fraction of sp³-hybridized carbons (Fsp3) is 0.222. The summed E-state index contributed by atoms with van der Waals surface area (Å²) < 4.78 is 44.1. The van der Waals surface area contributed by atoms with Crippen LogP contribution in [0.3, 0.4) is 0 Å². The van der Waals surface area contributed by atoms with Gasteiger partial charge in [-0.2, -0.15) is 17.5 Å². The zero-order valence-corrected chi connectivity index (χ0v) is 22.1. The maximum atomic E-state index is 6.00. The lowest BCUT2D eigenvalue weighted by Gasteiger charge is -2.18. The molecule has 32 heavy (non-hydrogen) atoms. The molecule has 0 spiro atoms. The predicted octanol–water partition coefficient (Wildman–Crippen LogP) is 6.94. The van der Waals surface area contributed by atoms with Crippen molar-refractivity contribution in [2.75, 3.05) is 26.4 Å². The normalized spacial score (nSPS) is 15.8. The summed E-state index contributed by atoms with van der Waals surface area (Å²) in [5.41, 5.74) is 4.74. The van der Waals surface area contributed by atoms with Crippen LogP contribution in [0, 0.1) is 0 Å². The average Bonchev–Trinajstić information content (AvgIpc) is 3.60. The van der Waals surface area contributed by atoms with Crippen molar-refractivity contribution in [3.05, 3.63) is 7.57 Å². The Kier molecular flexibility index (Phi) is 4.63. The minimum absolute atomic E-state index is 0.491. The number of fused-ring (bicyclic) bond motifs is 4. The number of rotatable bonds is 2. The fourth-order valence-electron chi connectivity index (χ4n) is 3.85. The van der Waals surface area contributed by atoms with Gasteiger partial charge in [-0.05, 0) is 31.9 Å². The van der Waals surface area contributed by atoms with E-state index in [0.717, 1.165) is 85.4 Å². The first-order valence-electron chi connectivity index (χ1n) is 9.29. The third kappa shape index (κ3) is 2.73. The summed E-state index contributed by atoms with van der Waals surface area (Å²) in [6.45, 7) is 2.01. The van der Waals surface area contributed by atoms with E-state index in [4.69, 9.17) is 18.9 Å². The molecule has 14 heteroatoms. The number of aromatic nitrogens is 2. The van der Waals surface area contributed by atoms with Crippen LogP contribution in [0.5, 0.6) is 23.0 Å². The van der Waals surface area contributed by atoms with Crippen LogP contribution in [0.1, 0.15) is 0 Å². The van der Waals surface area contributed by atoms with Crippen LogP contribution < -0.4 is 18.9 Å². The molecule has 6 heterocycles. The van der Waals surface area contributed by atoms with Crippen molar-refractivity contribution in [2.45, 2.75) is 0 Å². The molecule has 3 aliphatic heterocycles. The van der Waals surface area contributed by atoms with Gasteiger partial charge in [0.05, 0.1) is 44.0 Å².